The first-order chi connectivity index (χ1) is 15.1. The van der Waals surface area contributed by atoms with Gasteiger partial charge in [-0.3, -0.25) is 9.78 Å². The number of amides is 1. The Kier molecular flexibility index (Phi) is 7.26. The maximum absolute atomic E-state index is 13.6. The number of nitrogens with zero attached hydrogens (tertiary/aromatic N) is 3. The number of alkyl halides is 1. The van der Waals surface area contributed by atoms with Gasteiger partial charge in [-0.2, -0.15) is 0 Å². The van der Waals surface area contributed by atoms with Gasteiger partial charge < -0.3 is 20.7 Å². The summed E-state index contributed by atoms with van der Waals surface area (Å²) in [4.78, 5) is 25.6. The third-order valence-corrected chi connectivity index (χ3v) is 5.90. The van der Waals surface area contributed by atoms with Crippen LogP contribution in [0.2, 0.25) is 5.02 Å². The van der Waals surface area contributed by atoms with Crippen LogP contribution in [0.5, 0.6) is 0 Å². The van der Waals surface area contributed by atoms with Gasteiger partial charge in [-0.25, -0.2) is 14.4 Å². The number of hydrogen-bond donors (Lipinski definition) is 3. The third kappa shape index (κ3) is 5.87. The van der Waals surface area contributed by atoms with E-state index in [0.29, 0.717) is 40.4 Å². The molecule has 2 fully saturated rings. The van der Waals surface area contributed by atoms with Gasteiger partial charge in [0.1, 0.15) is 17.8 Å². The van der Waals surface area contributed by atoms with Crippen molar-refractivity contribution < 1.29 is 13.9 Å². The van der Waals surface area contributed by atoms with Crippen LogP contribution in [0.4, 0.5) is 16.0 Å². The van der Waals surface area contributed by atoms with Crippen LogP contribution in [-0.2, 0) is 9.53 Å². The van der Waals surface area contributed by atoms with Crippen LogP contribution in [0.15, 0.2) is 24.7 Å². The molecule has 0 radical (unpaired) electrons. The average molecular weight is 449 g/mol. The normalized spacial score (nSPS) is 22.1. The quantitative estimate of drug-likeness (QED) is 0.624. The second-order valence-corrected chi connectivity index (χ2v) is 8.36. The molecule has 2 aromatic heterocycles. The van der Waals surface area contributed by atoms with Crippen molar-refractivity contribution in [2.24, 2.45) is 11.8 Å². The van der Waals surface area contributed by atoms with Gasteiger partial charge in [0, 0.05) is 44.6 Å². The minimum atomic E-state index is -1.02. The lowest BCUT2D eigenvalue weighted by Crippen LogP contribution is -2.42. The van der Waals surface area contributed by atoms with Crippen LogP contribution in [0, 0.1) is 11.8 Å². The van der Waals surface area contributed by atoms with Crippen LogP contribution < -0.4 is 16.0 Å². The van der Waals surface area contributed by atoms with E-state index in [-0.39, 0.29) is 18.9 Å². The Morgan fingerprint density at radius 2 is 2.06 bits per heavy atom. The summed E-state index contributed by atoms with van der Waals surface area (Å²) in [5.74, 6) is 0.831. The second-order valence-electron chi connectivity index (χ2n) is 7.95. The number of halogens is 2. The minimum Gasteiger partial charge on any atom is -0.381 e. The molecule has 0 bridgehead atoms. The molecule has 0 saturated carbocycles. The van der Waals surface area contributed by atoms with Crippen LogP contribution in [0.3, 0.4) is 0 Å². The second kappa shape index (κ2) is 10.3. The molecule has 166 valence electrons. The van der Waals surface area contributed by atoms with Gasteiger partial charge in [-0.15, -0.1) is 0 Å². The number of anilines is 2. The summed E-state index contributed by atoms with van der Waals surface area (Å²) in [7, 11) is 0. The molecule has 0 unspecified atom stereocenters. The highest BCUT2D eigenvalue weighted by molar-refractivity contribution is 6.33. The van der Waals surface area contributed by atoms with E-state index >= 15 is 0 Å². The monoisotopic (exact) mass is 448 g/mol. The lowest BCUT2D eigenvalue weighted by molar-refractivity contribution is -0.120. The molecule has 2 aliphatic heterocycles. The number of ether oxygens (including phenoxy) is 1. The minimum absolute atomic E-state index is 0.200. The van der Waals surface area contributed by atoms with Gasteiger partial charge in [0.25, 0.3) is 0 Å². The third-order valence-electron chi connectivity index (χ3n) is 5.60. The van der Waals surface area contributed by atoms with Crippen LogP contribution in [-0.4, -0.2) is 59.9 Å². The zero-order valence-corrected chi connectivity index (χ0v) is 17.9. The van der Waals surface area contributed by atoms with Gasteiger partial charge in [-0.1, -0.05) is 11.6 Å². The largest absolute Gasteiger partial charge is 0.381 e. The fourth-order valence-electron chi connectivity index (χ4n) is 3.80. The average Bonchev–Trinajstić information content (AvgIpc) is 2.80. The van der Waals surface area contributed by atoms with Crippen molar-refractivity contribution in [2.75, 3.05) is 43.5 Å². The van der Waals surface area contributed by atoms with Gasteiger partial charge >= 0.3 is 0 Å². The molecule has 2 aromatic rings. The zero-order chi connectivity index (χ0) is 21.6. The predicted molar refractivity (Wildman–Crippen MR) is 117 cm³/mol. The number of rotatable bonds is 6. The molecular formula is C21H26ClFN6O2. The first-order valence-corrected chi connectivity index (χ1v) is 10.9. The number of nitrogens with one attached hydrogen (secondary N) is 3. The number of carbonyl (C=O) groups is 1. The van der Waals surface area contributed by atoms with Crippen LogP contribution >= 0.6 is 11.6 Å². The number of aromatic nitrogens is 3. The molecule has 0 aliphatic carbocycles. The summed E-state index contributed by atoms with van der Waals surface area (Å²) in [6.45, 7) is 3.12. The molecule has 2 atom stereocenters. The smallest absolute Gasteiger partial charge is 0.230 e. The molecule has 2 saturated heterocycles. The Morgan fingerprint density at radius 3 is 2.87 bits per heavy atom. The van der Waals surface area contributed by atoms with Gasteiger partial charge in [-0.05, 0) is 31.2 Å². The van der Waals surface area contributed by atoms with Crippen molar-refractivity contribution in [3.05, 3.63) is 29.7 Å². The maximum atomic E-state index is 13.6. The lowest BCUT2D eigenvalue weighted by Gasteiger charge is -2.24. The molecular weight excluding hydrogens is 423 g/mol. The molecule has 4 heterocycles. The van der Waals surface area contributed by atoms with Crippen molar-refractivity contribution in [1.29, 1.82) is 0 Å². The van der Waals surface area contributed by atoms with E-state index in [0.717, 1.165) is 32.6 Å². The molecule has 0 aromatic carbocycles. The molecule has 0 spiro atoms. The topological polar surface area (TPSA) is 101 Å². The lowest BCUT2D eigenvalue weighted by atomic mass is 9.97. The number of piperidine rings is 1. The van der Waals surface area contributed by atoms with Gasteiger partial charge in [0.15, 0.2) is 0 Å². The SMILES string of the molecule is O=C(Nc1cc(-c2cncc(NCC3CCOCC3)n2)c(Cl)cn1)[C@@H]1CNC[C@H](F)C1. The highest BCUT2D eigenvalue weighted by Gasteiger charge is 2.27. The summed E-state index contributed by atoms with van der Waals surface area (Å²) < 4.78 is 19.0. The Morgan fingerprint density at radius 1 is 1.23 bits per heavy atom. The fraction of sp³-hybridized carbons (Fsp3) is 0.524. The summed E-state index contributed by atoms with van der Waals surface area (Å²) in [6, 6.07) is 1.66. The molecule has 1 amide bonds. The van der Waals surface area contributed by atoms with Crippen LogP contribution in [0.25, 0.3) is 11.3 Å². The Labute approximate surface area is 185 Å². The van der Waals surface area contributed by atoms with Crippen LogP contribution in [0.1, 0.15) is 19.3 Å². The standard InChI is InChI=1S/C21H26ClFN6O2/c22-17-10-27-19(29-21(30)14-5-15(23)9-24-8-14)6-16(17)18-11-25-12-20(28-18)26-7-13-1-3-31-4-2-13/h6,10-15,24H,1-5,7-9H2,(H,26,28)(H,27,29,30)/t14-,15+/m0/s1. The predicted octanol–water partition coefficient (Wildman–Crippen LogP) is 2.92. The molecule has 31 heavy (non-hydrogen) atoms. The molecule has 4 rings (SSSR count). The van der Waals surface area contributed by atoms with E-state index < -0.39 is 12.1 Å². The maximum Gasteiger partial charge on any atom is 0.230 e. The summed E-state index contributed by atoms with van der Waals surface area (Å²) in [5, 5.41) is 9.43. The number of hydrogen-bond acceptors (Lipinski definition) is 7. The number of pyridine rings is 1. The van der Waals surface area contributed by atoms with E-state index in [9.17, 15) is 9.18 Å². The Balaban J connectivity index is 1.44. The molecule has 10 heteroatoms. The molecule has 8 nitrogen and oxygen atoms in total. The van der Waals surface area contributed by atoms with Crippen molar-refractivity contribution in [1.82, 2.24) is 20.3 Å². The van der Waals surface area contributed by atoms with E-state index in [2.05, 4.69) is 30.9 Å². The fourth-order valence-corrected chi connectivity index (χ4v) is 4.00. The van der Waals surface area contributed by atoms with Gasteiger partial charge in [0.2, 0.25) is 5.91 Å². The van der Waals surface area contributed by atoms with E-state index in [4.69, 9.17) is 16.3 Å². The highest BCUT2D eigenvalue weighted by Crippen LogP contribution is 2.29. The van der Waals surface area contributed by atoms with E-state index in [1.165, 1.54) is 6.20 Å². The zero-order valence-electron chi connectivity index (χ0n) is 17.1. The first-order valence-electron chi connectivity index (χ1n) is 10.5. The van der Waals surface area contributed by atoms with Crippen molar-refractivity contribution in [3.63, 3.8) is 0 Å². The number of carbonyl (C=O) groups excluding carboxylic acids is 1. The Hall–Kier alpha value is -2.36. The highest BCUT2D eigenvalue weighted by atomic mass is 35.5. The molecule has 2 aliphatic rings. The summed E-state index contributed by atoms with van der Waals surface area (Å²) >= 11 is 6.35. The summed E-state index contributed by atoms with van der Waals surface area (Å²) in [6.07, 6.45) is 5.98. The molecule has 3 N–H and O–H groups in total. The first kappa shape index (κ1) is 21.9. The van der Waals surface area contributed by atoms with E-state index in [1.807, 2.05) is 0 Å². The Bertz CT molecular complexity index is 911. The van der Waals surface area contributed by atoms with E-state index in [1.54, 1.807) is 18.5 Å². The van der Waals surface area contributed by atoms with Crippen molar-refractivity contribution in [3.8, 4) is 11.3 Å². The summed E-state index contributed by atoms with van der Waals surface area (Å²) in [5.41, 5.74) is 1.18. The van der Waals surface area contributed by atoms with Crippen molar-refractivity contribution >= 4 is 29.1 Å². The van der Waals surface area contributed by atoms with Gasteiger partial charge in [0.05, 0.1) is 29.0 Å². The van der Waals surface area contributed by atoms with Crippen molar-refractivity contribution in [2.45, 2.75) is 25.4 Å².